The Labute approximate surface area is 90.9 Å². The SMILES string of the molecule is CCC(C)Cc1ccc(CC(=O)O)cc1. The summed E-state index contributed by atoms with van der Waals surface area (Å²) in [6, 6.07) is 7.88. The first-order chi connectivity index (χ1) is 7.11. The van der Waals surface area contributed by atoms with E-state index in [1.54, 1.807) is 0 Å². The predicted octanol–water partition coefficient (Wildman–Crippen LogP) is 2.90. The van der Waals surface area contributed by atoms with Crippen molar-refractivity contribution in [1.29, 1.82) is 0 Å². The molecule has 1 aromatic carbocycles. The summed E-state index contributed by atoms with van der Waals surface area (Å²) in [5.41, 5.74) is 2.16. The number of hydrogen-bond donors (Lipinski definition) is 1. The van der Waals surface area contributed by atoms with E-state index in [1.807, 2.05) is 24.3 Å². The summed E-state index contributed by atoms with van der Waals surface area (Å²) in [6.45, 7) is 4.41. The molecule has 0 aliphatic carbocycles. The van der Waals surface area contributed by atoms with E-state index in [9.17, 15) is 4.79 Å². The van der Waals surface area contributed by atoms with Gasteiger partial charge in [0.2, 0.25) is 0 Å². The Bertz CT molecular complexity index is 314. The zero-order valence-corrected chi connectivity index (χ0v) is 9.36. The highest BCUT2D eigenvalue weighted by atomic mass is 16.4. The largest absolute Gasteiger partial charge is 0.481 e. The van der Waals surface area contributed by atoms with Crippen LogP contribution in [0.25, 0.3) is 0 Å². The molecule has 0 amide bonds. The van der Waals surface area contributed by atoms with Gasteiger partial charge in [-0.3, -0.25) is 4.79 Å². The number of benzene rings is 1. The Balaban J connectivity index is 2.60. The normalized spacial score (nSPS) is 12.4. The minimum Gasteiger partial charge on any atom is -0.481 e. The van der Waals surface area contributed by atoms with Gasteiger partial charge in [-0.25, -0.2) is 0 Å². The van der Waals surface area contributed by atoms with Crippen molar-refractivity contribution in [2.45, 2.75) is 33.1 Å². The van der Waals surface area contributed by atoms with Crippen molar-refractivity contribution in [2.24, 2.45) is 5.92 Å². The Morgan fingerprint density at radius 3 is 2.27 bits per heavy atom. The van der Waals surface area contributed by atoms with Gasteiger partial charge in [0.25, 0.3) is 0 Å². The van der Waals surface area contributed by atoms with Gasteiger partial charge >= 0.3 is 5.97 Å². The molecule has 0 aliphatic rings. The first-order valence-electron chi connectivity index (χ1n) is 5.41. The van der Waals surface area contributed by atoms with Gasteiger partial charge in [0.1, 0.15) is 0 Å². The van der Waals surface area contributed by atoms with Crippen LogP contribution in [0.5, 0.6) is 0 Å². The highest BCUT2D eigenvalue weighted by Gasteiger charge is 2.03. The predicted molar refractivity (Wildman–Crippen MR) is 60.9 cm³/mol. The first kappa shape index (κ1) is 11.8. The molecule has 1 unspecified atom stereocenters. The lowest BCUT2D eigenvalue weighted by atomic mass is 9.98. The van der Waals surface area contributed by atoms with Crippen LogP contribution in [0.3, 0.4) is 0 Å². The molecule has 2 heteroatoms. The molecule has 0 saturated carbocycles. The molecule has 0 aromatic heterocycles. The number of rotatable bonds is 5. The highest BCUT2D eigenvalue weighted by molar-refractivity contribution is 5.70. The maximum Gasteiger partial charge on any atom is 0.307 e. The minimum absolute atomic E-state index is 0.115. The molecule has 82 valence electrons. The fourth-order valence-electron chi connectivity index (χ4n) is 1.51. The zero-order chi connectivity index (χ0) is 11.3. The van der Waals surface area contributed by atoms with Crippen molar-refractivity contribution in [2.75, 3.05) is 0 Å². The van der Waals surface area contributed by atoms with Crippen LogP contribution in [0.15, 0.2) is 24.3 Å². The molecule has 1 aromatic rings. The highest BCUT2D eigenvalue weighted by Crippen LogP contribution is 2.12. The van der Waals surface area contributed by atoms with Gasteiger partial charge in [-0.15, -0.1) is 0 Å². The smallest absolute Gasteiger partial charge is 0.307 e. The van der Waals surface area contributed by atoms with E-state index in [0.717, 1.165) is 12.0 Å². The van der Waals surface area contributed by atoms with Crippen molar-refractivity contribution in [3.8, 4) is 0 Å². The Hall–Kier alpha value is -1.31. The summed E-state index contributed by atoms with van der Waals surface area (Å²) in [7, 11) is 0. The lowest BCUT2D eigenvalue weighted by Crippen LogP contribution is -2.01. The van der Waals surface area contributed by atoms with E-state index in [1.165, 1.54) is 12.0 Å². The van der Waals surface area contributed by atoms with E-state index in [-0.39, 0.29) is 6.42 Å². The monoisotopic (exact) mass is 206 g/mol. The molecule has 0 fully saturated rings. The number of carboxylic acids is 1. The summed E-state index contributed by atoms with van der Waals surface area (Å²) in [5.74, 6) is -0.0833. The van der Waals surface area contributed by atoms with E-state index in [2.05, 4.69) is 13.8 Å². The number of hydrogen-bond acceptors (Lipinski definition) is 1. The topological polar surface area (TPSA) is 37.3 Å². The maximum atomic E-state index is 10.5. The van der Waals surface area contributed by atoms with Gasteiger partial charge in [0, 0.05) is 0 Å². The average Bonchev–Trinajstić information content (AvgIpc) is 2.20. The molecule has 1 N–H and O–H groups in total. The van der Waals surface area contributed by atoms with Crippen LogP contribution in [-0.4, -0.2) is 11.1 Å². The Kier molecular flexibility index (Phi) is 4.35. The molecule has 0 aliphatic heterocycles. The fraction of sp³-hybridized carbons (Fsp3) is 0.462. The average molecular weight is 206 g/mol. The first-order valence-corrected chi connectivity index (χ1v) is 5.41. The lowest BCUT2D eigenvalue weighted by molar-refractivity contribution is -0.136. The maximum absolute atomic E-state index is 10.5. The third-order valence-electron chi connectivity index (χ3n) is 2.66. The van der Waals surface area contributed by atoms with Gasteiger partial charge < -0.3 is 5.11 Å². The van der Waals surface area contributed by atoms with E-state index < -0.39 is 5.97 Å². The van der Waals surface area contributed by atoms with E-state index in [4.69, 9.17) is 5.11 Å². The van der Waals surface area contributed by atoms with Gasteiger partial charge in [-0.2, -0.15) is 0 Å². The third-order valence-corrected chi connectivity index (χ3v) is 2.66. The van der Waals surface area contributed by atoms with Gasteiger partial charge in [-0.05, 0) is 23.5 Å². The molecule has 0 bridgehead atoms. The van der Waals surface area contributed by atoms with Crippen LogP contribution in [0, 0.1) is 5.92 Å². The van der Waals surface area contributed by atoms with Gasteiger partial charge in [0.15, 0.2) is 0 Å². The number of carbonyl (C=O) groups is 1. The quantitative estimate of drug-likeness (QED) is 0.804. The van der Waals surface area contributed by atoms with Crippen molar-refractivity contribution in [3.63, 3.8) is 0 Å². The molecule has 1 rings (SSSR count). The van der Waals surface area contributed by atoms with E-state index >= 15 is 0 Å². The number of carboxylic acid groups (broad SMARTS) is 1. The molecule has 1 atom stereocenters. The van der Waals surface area contributed by atoms with Crippen LogP contribution in [0.4, 0.5) is 0 Å². The van der Waals surface area contributed by atoms with Gasteiger partial charge in [-0.1, -0.05) is 44.5 Å². The summed E-state index contributed by atoms with van der Waals surface area (Å²) in [6.07, 6.45) is 2.37. The molecule has 2 nitrogen and oxygen atoms in total. The van der Waals surface area contributed by atoms with Crippen molar-refractivity contribution in [1.82, 2.24) is 0 Å². The number of aliphatic carboxylic acids is 1. The summed E-state index contributed by atoms with van der Waals surface area (Å²) in [4.78, 5) is 10.5. The molecule has 0 saturated heterocycles. The van der Waals surface area contributed by atoms with Crippen molar-refractivity contribution < 1.29 is 9.90 Å². The summed E-state index contributed by atoms with van der Waals surface area (Å²) >= 11 is 0. The van der Waals surface area contributed by atoms with Crippen LogP contribution < -0.4 is 0 Å². The second-order valence-corrected chi connectivity index (χ2v) is 4.10. The van der Waals surface area contributed by atoms with Crippen molar-refractivity contribution >= 4 is 5.97 Å². The molecular weight excluding hydrogens is 188 g/mol. The van der Waals surface area contributed by atoms with Crippen LogP contribution >= 0.6 is 0 Å². The zero-order valence-electron chi connectivity index (χ0n) is 9.36. The Morgan fingerprint density at radius 2 is 1.80 bits per heavy atom. The molecule has 0 heterocycles. The molecule has 15 heavy (non-hydrogen) atoms. The van der Waals surface area contributed by atoms with E-state index in [0.29, 0.717) is 5.92 Å². The van der Waals surface area contributed by atoms with Crippen LogP contribution in [-0.2, 0) is 17.6 Å². The summed E-state index contributed by atoms with van der Waals surface area (Å²) in [5, 5.41) is 8.62. The summed E-state index contributed by atoms with van der Waals surface area (Å²) < 4.78 is 0. The standard InChI is InChI=1S/C13H18O2/c1-3-10(2)8-11-4-6-12(7-5-11)9-13(14)15/h4-7,10H,3,8-9H2,1-2H3,(H,14,15). The second kappa shape index (κ2) is 5.54. The Morgan fingerprint density at radius 1 is 1.27 bits per heavy atom. The molecule has 0 radical (unpaired) electrons. The van der Waals surface area contributed by atoms with Gasteiger partial charge in [0.05, 0.1) is 6.42 Å². The minimum atomic E-state index is -0.773. The van der Waals surface area contributed by atoms with Crippen LogP contribution in [0.1, 0.15) is 31.4 Å². The fourth-order valence-corrected chi connectivity index (χ4v) is 1.51. The van der Waals surface area contributed by atoms with Crippen LogP contribution in [0.2, 0.25) is 0 Å². The lowest BCUT2D eigenvalue weighted by Gasteiger charge is -2.08. The molecule has 0 spiro atoms. The third kappa shape index (κ3) is 4.15. The molecular formula is C13H18O2. The second-order valence-electron chi connectivity index (χ2n) is 4.10. The van der Waals surface area contributed by atoms with Crippen molar-refractivity contribution in [3.05, 3.63) is 35.4 Å².